The minimum Gasteiger partial charge on any atom is -0.465 e. The molecule has 1 rings (SSSR count). The number of ether oxygens (including phenoxy) is 1. The molecule has 0 aromatic heterocycles. The number of carbonyl (C=O) groups excluding carboxylic acids is 2. The van der Waals surface area contributed by atoms with Crippen LogP contribution in [0.15, 0.2) is 30.3 Å². The number of hydrogen-bond donors (Lipinski definition) is 0. The van der Waals surface area contributed by atoms with Gasteiger partial charge in [0.05, 0.1) is 13.0 Å². The van der Waals surface area contributed by atoms with E-state index in [1.807, 2.05) is 30.3 Å². The number of hydrogen-bond acceptors (Lipinski definition) is 3. The standard InChI is InChI=1S/C11H12O3/c12-7-4-8-14-11(13)9-10-5-2-1-3-6-10/h1-3,5-7H,4,8-9H2. The Balaban J connectivity index is 2.31. The predicted octanol–water partition coefficient (Wildman–Crippen LogP) is 1.36. The lowest BCUT2D eigenvalue weighted by Gasteiger charge is -2.01. The van der Waals surface area contributed by atoms with Crippen LogP contribution in [-0.2, 0) is 20.7 Å². The Morgan fingerprint density at radius 1 is 1.29 bits per heavy atom. The van der Waals surface area contributed by atoms with Crippen LogP contribution in [0.5, 0.6) is 0 Å². The molecule has 0 spiro atoms. The van der Waals surface area contributed by atoms with Crippen molar-refractivity contribution < 1.29 is 14.3 Å². The maximum Gasteiger partial charge on any atom is 0.310 e. The molecule has 0 N–H and O–H groups in total. The van der Waals surface area contributed by atoms with Crippen molar-refractivity contribution in [3.63, 3.8) is 0 Å². The zero-order chi connectivity index (χ0) is 10.2. The van der Waals surface area contributed by atoms with E-state index in [4.69, 9.17) is 4.74 Å². The summed E-state index contributed by atoms with van der Waals surface area (Å²) in [6.07, 6.45) is 1.26. The first-order valence-electron chi connectivity index (χ1n) is 4.46. The maximum atomic E-state index is 11.1. The van der Waals surface area contributed by atoms with E-state index >= 15 is 0 Å². The first-order valence-corrected chi connectivity index (χ1v) is 4.46. The Labute approximate surface area is 82.7 Å². The van der Waals surface area contributed by atoms with E-state index in [0.717, 1.165) is 11.8 Å². The van der Waals surface area contributed by atoms with Crippen LogP contribution in [0.25, 0.3) is 0 Å². The van der Waals surface area contributed by atoms with Crippen molar-refractivity contribution in [1.29, 1.82) is 0 Å². The van der Waals surface area contributed by atoms with Gasteiger partial charge in [-0.15, -0.1) is 0 Å². The van der Waals surface area contributed by atoms with E-state index < -0.39 is 0 Å². The molecule has 3 heteroatoms. The van der Waals surface area contributed by atoms with E-state index in [1.54, 1.807) is 0 Å². The lowest BCUT2D eigenvalue weighted by atomic mass is 10.2. The molecule has 0 unspecified atom stereocenters. The van der Waals surface area contributed by atoms with Crippen molar-refractivity contribution in [2.75, 3.05) is 6.61 Å². The number of aldehydes is 1. The van der Waals surface area contributed by atoms with Crippen LogP contribution in [0.2, 0.25) is 0 Å². The summed E-state index contributed by atoms with van der Waals surface area (Å²) in [5, 5.41) is 0. The highest BCUT2D eigenvalue weighted by molar-refractivity contribution is 5.72. The second kappa shape index (κ2) is 5.91. The Morgan fingerprint density at radius 3 is 2.64 bits per heavy atom. The summed E-state index contributed by atoms with van der Waals surface area (Å²) >= 11 is 0. The lowest BCUT2D eigenvalue weighted by Crippen LogP contribution is -2.09. The van der Waals surface area contributed by atoms with E-state index in [2.05, 4.69) is 0 Å². The quantitative estimate of drug-likeness (QED) is 0.402. The van der Waals surface area contributed by atoms with Crippen LogP contribution in [0, 0.1) is 0 Å². The Bertz CT molecular complexity index is 293. The average Bonchev–Trinajstić information content (AvgIpc) is 2.20. The molecular formula is C11H12O3. The fraction of sp³-hybridized carbons (Fsp3) is 0.273. The van der Waals surface area contributed by atoms with Gasteiger partial charge >= 0.3 is 5.97 Å². The van der Waals surface area contributed by atoms with Crippen molar-refractivity contribution in [2.24, 2.45) is 0 Å². The predicted molar refractivity (Wildman–Crippen MR) is 51.8 cm³/mol. The molecule has 0 aliphatic carbocycles. The van der Waals surface area contributed by atoms with Crippen LogP contribution in [-0.4, -0.2) is 18.9 Å². The van der Waals surface area contributed by atoms with Crippen molar-refractivity contribution >= 4 is 12.3 Å². The average molecular weight is 192 g/mol. The van der Waals surface area contributed by atoms with E-state index in [0.29, 0.717) is 0 Å². The zero-order valence-electron chi connectivity index (χ0n) is 7.81. The second-order valence-corrected chi connectivity index (χ2v) is 2.84. The highest BCUT2D eigenvalue weighted by Crippen LogP contribution is 2.00. The smallest absolute Gasteiger partial charge is 0.310 e. The molecule has 1 aromatic carbocycles. The topological polar surface area (TPSA) is 43.4 Å². The summed E-state index contributed by atoms with van der Waals surface area (Å²) < 4.78 is 4.82. The fourth-order valence-electron chi connectivity index (χ4n) is 1.03. The normalized spacial score (nSPS) is 9.43. The Kier molecular flexibility index (Phi) is 4.41. The molecule has 0 aliphatic rings. The lowest BCUT2D eigenvalue weighted by molar-refractivity contribution is -0.143. The molecule has 0 radical (unpaired) electrons. The third kappa shape index (κ3) is 3.85. The largest absolute Gasteiger partial charge is 0.465 e. The summed E-state index contributed by atoms with van der Waals surface area (Å²) in [7, 11) is 0. The molecule has 0 saturated carbocycles. The van der Waals surface area contributed by atoms with E-state index in [1.165, 1.54) is 0 Å². The van der Waals surface area contributed by atoms with Crippen LogP contribution >= 0.6 is 0 Å². The van der Waals surface area contributed by atoms with Crippen LogP contribution in [0.3, 0.4) is 0 Å². The third-order valence-electron chi connectivity index (χ3n) is 1.69. The molecule has 0 saturated heterocycles. The van der Waals surface area contributed by atoms with Gasteiger partial charge in [-0.3, -0.25) is 4.79 Å². The van der Waals surface area contributed by atoms with Gasteiger partial charge in [0.25, 0.3) is 0 Å². The summed E-state index contributed by atoms with van der Waals surface area (Å²) in [5.74, 6) is -0.293. The van der Waals surface area contributed by atoms with Crippen LogP contribution in [0.1, 0.15) is 12.0 Å². The van der Waals surface area contributed by atoms with Gasteiger partial charge in [0.1, 0.15) is 6.29 Å². The van der Waals surface area contributed by atoms with Crippen LogP contribution in [0.4, 0.5) is 0 Å². The van der Waals surface area contributed by atoms with Crippen LogP contribution < -0.4 is 0 Å². The van der Waals surface area contributed by atoms with Gasteiger partial charge in [-0.2, -0.15) is 0 Å². The second-order valence-electron chi connectivity index (χ2n) is 2.84. The minimum absolute atomic E-state index is 0.176. The minimum atomic E-state index is -0.293. The fourth-order valence-corrected chi connectivity index (χ4v) is 1.03. The first kappa shape index (κ1) is 10.4. The number of carbonyl (C=O) groups is 2. The van der Waals surface area contributed by atoms with Gasteiger partial charge < -0.3 is 9.53 Å². The van der Waals surface area contributed by atoms with Crippen molar-refractivity contribution in [3.8, 4) is 0 Å². The van der Waals surface area contributed by atoms with Crippen molar-refractivity contribution in [3.05, 3.63) is 35.9 Å². The maximum absolute atomic E-state index is 11.1. The van der Waals surface area contributed by atoms with Gasteiger partial charge in [0, 0.05) is 6.42 Å². The first-order chi connectivity index (χ1) is 6.83. The van der Waals surface area contributed by atoms with Gasteiger partial charge in [0.15, 0.2) is 0 Å². The molecule has 74 valence electrons. The Hall–Kier alpha value is -1.64. The van der Waals surface area contributed by atoms with Crippen molar-refractivity contribution in [1.82, 2.24) is 0 Å². The number of rotatable bonds is 5. The number of esters is 1. The zero-order valence-corrected chi connectivity index (χ0v) is 7.81. The Morgan fingerprint density at radius 2 is 2.00 bits per heavy atom. The molecule has 0 bridgehead atoms. The molecular weight excluding hydrogens is 180 g/mol. The molecule has 0 fully saturated rings. The summed E-state index contributed by atoms with van der Waals surface area (Å²) in [6.45, 7) is 0.176. The van der Waals surface area contributed by atoms with E-state index in [-0.39, 0.29) is 25.4 Å². The summed E-state index contributed by atoms with van der Waals surface area (Å²) in [6, 6.07) is 9.35. The molecule has 0 heterocycles. The van der Waals surface area contributed by atoms with Gasteiger partial charge in [-0.25, -0.2) is 0 Å². The molecule has 0 amide bonds. The number of benzene rings is 1. The highest BCUT2D eigenvalue weighted by atomic mass is 16.5. The monoisotopic (exact) mass is 192 g/mol. The summed E-state index contributed by atoms with van der Waals surface area (Å²) in [5.41, 5.74) is 0.920. The van der Waals surface area contributed by atoms with Gasteiger partial charge in [0.2, 0.25) is 0 Å². The molecule has 3 nitrogen and oxygen atoms in total. The SMILES string of the molecule is O=CCCOC(=O)Cc1ccccc1. The molecule has 0 aliphatic heterocycles. The van der Waals surface area contributed by atoms with Crippen molar-refractivity contribution in [2.45, 2.75) is 12.8 Å². The highest BCUT2D eigenvalue weighted by Gasteiger charge is 2.03. The van der Waals surface area contributed by atoms with Gasteiger partial charge in [-0.1, -0.05) is 30.3 Å². The third-order valence-corrected chi connectivity index (χ3v) is 1.69. The molecule has 1 aromatic rings. The molecule has 14 heavy (non-hydrogen) atoms. The van der Waals surface area contributed by atoms with E-state index in [9.17, 15) is 9.59 Å². The molecule has 0 atom stereocenters. The van der Waals surface area contributed by atoms with Gasteiger partial charge in [-0.05, 0) is 5.56 Å². The summed E-state index contributed by atoms with van der Waals surface area (Å²) in [4.78, 5) is 21.1.